The Morgan fingerprint density at radius 2 is 1.59 bits per heavy atom. The van der Waals surface area contributed by atoms with Crippen LogP contribution in [0.3, 0.4) is 0 Å². The highest BCUT2D eigenvalue weighted by Gasteiger charge is 2.32. The van der Waals surface area contributed by atoms with E-state index in [1.165, 1.54) is 28.8 Å². The molecule has 200 valence electrons. The molecule has 0 radical (unpaired) electrons. The number of methoxy groups -OCH3 is 1. The lowest BCUT2D eigenvalue weighted by atomic mass is 10.0. The van der Waals surface area contributed by atoms with Crippen molar-refractivity contribution in [2.75, 3.05) is 18.2 Å². The minimum atomic E-state index is -0.952. The van der Waals surface area contributed by atoms with Gasteiger partial charge in [0.05, 0.1) is 12.9 Å². The van der Waals surface area contributed by atoms with Crippen molar-refractivity contribution in [1.29, 1.82) is 0 Å². The van der Waals surface area contributed by atoms with E-state index in [-0.39, 0.29) is 29.9 Å². The summed E-state index contributed by atoms with van der Waals surface area (Å²) in [4.78, 5) is 37.9. The Morgan fingerprint density at radius 1 is 0.949 bits per heavy atom. The Hall–Kier alpha value is -4.24. The van der Waals surface area contributed by atoms with Gasteiger partial charge >= 0.3 is 0 Å². The van der Waals surface area contributed by atoms with E-state index < -0.39 is 6.04 Å². The molecular weight excluding hydrogens is 515 g/mol. The molecule has 39 heavy (non-hydrogen) atoms. The van der Waals surface area contributed by atoms with Crippen LogP contribution in [0.4, 0.5) is 10.1 Å². The molecule has 0 saturated heterocycles. The fourth-order valence-corrected chi connectivity index (χ4v) is 4.91. The Balaban J connectivity index is 1.67. The lowest BCUT2D eigenvalue weighted by Gasteiger charge is -2.31. The SMILES string of the molecule is COc1ccc(NC(=O)C(c2ccccc2)N(Cc2ccc(F)cc2)C(=O)CSc2nc(C)cc(C)n2)cc1. The number of rotatable bonds is 10. The number of nitrogens with one attached hydrogen (secondary N) is 1. The Kier molecular flexibility index (Phi) is 9.27. The number of carbonyl (C=O) groups is 2. The van der Waals surface area contributed by atoms with Gasteiger partial charge in [0.15, 0.2) is 5.16 Å². The molecule has 2 amide bonds. The van der Waals surface area contributed by atoms with E-state index in [4.69, 9.17) is 4.74 Å². The summed E-state index contributed by atoms with van der Waals surface area (Å²) in [5.41, 5.74) is 3.51. The highest BCUT2D eigenvalue weighted by atomic mass is 32.2. The Morgan fingerprint density at radius 3 is 2.21 bits per heavy atom. The van der Waals surface area contributed by atoms with Crippen molar-refractivity contribution >= 4 is 29.3 Å². The van der Waals surface area contributed by atoms with Crippen molar-refractivity contribution < 1.29 is 18.7 Å². The van der Waals surface area contributed by atoms with Crippen LogP contribution in [-0.2, 0) is 16.1 Å². The number of hydrogen-bond acceptors (Lipinski definition) is 6. The van der Waals surface area contributed by atoms with Crippen LogP contribution in [0, 0.1) is 19.7 Å². The average Bonchev–Trinajstić information content (AvgIpc) is 2.93. The molecule has 0 bridgehead atoms. The van der Waals surface area contributed by atoms with E-state index >= 15 is 0 Å². The van der Waals surface area contributed by atoms with Crippen LogP contribution in [0.25, 0.3) is 0 Å². The molecule has 1 atom stereocenters. The van der Waals surface area contributed by atoms with Crippen molar-refractivity contribution in [1.82, 2.24) is 14.9 Å². The number of aryl methyl sites for hydroxylation is 2. The van der Waals surface area contributed by atoms with Gasteiger partial charge in [-0.25, -0.2) is 14.4 Å². The average molecular weight is 545 g/mol. The van der Waals surface area contributed by atoms with E-state index in [0.29, 0.717) is 27.7 Å². The van der Waals surface area contributed by atoms with E-state index in [9.17, 15) is 14.0 Å². The Bertz CT molecular complexity index is 1400. The number of thioether (sulfide) groups is 1. The number of nitrogens with zero attached hydrogens (tertiary/aromatic N) is 3. The number of benzene rings is 3. The first-order chi connectivity index (χ1) is 18.8. The summed E-state index contributed by atoms with van der Waals surface area (Å²) in [6.07, 6.45) is 0. The molecule has 3 aromatic carbocycles. The molecule has 1 aromatic heterocycles. The lowest BCUT2D eigenvalue weighted by Crippen LogP contribution is -2.41. The molecule has 0 aliphatic carbocycles. The van der Waals surface area contributed by atoms with Crippen LogP contribution >= 0.6 is 11.8 Å². The molecule has 1 N–H and O–H groups in total. The highest BCUT2D eigenvalue weighted by molar-refractivity contribution is 7.99. The van der Waals surface area contributed by atoms with Crippen molar-refractivity contribution in [3.63, 3.8) is 0 Å². The summed E-state index contributed by atoms with van der Waals surface area (Å²) in [5.74, 6) is -0.369. The molecule has 0 aliphatic heterocycles. The number of anilines is 1. The van der Waals surface area contributed by atoms with E-state index in [0.717, 1.165) is 11.4 Å². The number of hydrogen-bond donors (Lipinski definition) is 1. The lowest BCUT2D eigenvalue weighted by molar-refractivity contribution is -0.137. The first-order valence-electron chi connectivity index (χ1n) is 12.3. The predicted molar refractivity (Wildman–Crippen MR) is 150 cm³/mol. The summed E-state index contributed by atoms with van der Waals surface area (Å²) in [6, 6.07) is 22.9. The third kappa shape index (κ3) is 7.64. The maximum atomic E-state index is 13.8. The zero-order valence-corrected chi connectivity index (χ0v) is 22.7. The molecule has 7 nitrogen and oxygen atoms in total. The third-order valence-corrected chi connectivity index (χ3v) is 6.74. The van der Waals surface area contributed by atoms with Crippen LogP contribution in [0.2, 0.25) is 0 Å². The van der Waals surface area contributed by atoms with Gasteiger partial charge in [-0.2, -0.15) is 0 Å². The second-order valence-corrected chi connectivity index (χ2v) is 9.84. The third-order valence-electron chi connectivity index (χ3n) is 5.91. The van der Waals surface area contributed by atoms with Crippen LogP contribution < -0.4 is 10.1 Å². The van der Waals surface area contributed by atoms with Crippen molar-refractivity contribution in [2.45, 2.75) is 31.6 Å². The maximum absolute atomic E-state index is 13.8. The topological polar surface area (TPSA) is 84.4 Å². The first kappa shape index (κ1) is 27.8. The van der Waals surface area contributed by atoms with Gasteiger partial charge in [-0.15, -0.1) is 0 Å². The molecule has 1 unspecified atom stereocenters. The summed E-state index contributed by atoms with van der Waals surface area (Å²) in [6.45, 7) is 3.84. The van der Waals surface area contributed by atoms with Gasteiger partial charge < -0.3 is 15.0 Å². The molecule has 0 spiro atoms. The van der Waals surface area contributed by atoms with Gasteiger partial charge in [-0.05, 0) is 67.4 Å². The van der Waals surface area contributed by atoms with Crippen LogP contribution in [-0.4, -0.2) is 39.5 Å². The van der Waals surface area contributed by atoms with Crippen LogP contribution in [0.1, 0.15) is 28.6 Å². The largest absolute Gasteiger partial charge is 0.497 e. The van der Waals surface area contributed by atoms with Gasteiger partial charge in [0, 0.05) is 23.6 Å². The summed E-state index contributed by atoms with van der Waals surface area (Å²) in [7, 11) is 1.57. The zero-order valence-electron chi connectivity index (χ0n) is 21.9. The number of halogens is 1. The summed E-state index contributed by atoms with van der Waals surface area (Å²) in [5, 5.41) is 3.42. The minimum absolute atomic E-state index is 0.0171. The van der Waals surface area contributed by atoms with E-state index in [2.05, 4.69) is 15.3 Å². The van der Waals surface area contributed by atoms with Crippen LogP contribution in [0.15, 0.2) is 90.1 Å². The number of ether oxygens (including phenoxy) is 1. The minimum Gasteiger partial charge on any atom is -0.497 e. The molecule has 4 aromatic rings. The quantitative estimate of drug-likeness (QED) is 0.202. The van der Waals surface area contributed by atoms with Gasteiger partial charge in [0.1, 0.15) is 17.6 Å². The van der Waals surface area contributed by atoms with Gasteiger partial charge in [-0.3, -0.25) is 9.59 Å². The normalized spacial score (nSPS) is 11.5. The zero-order chi connectivity index (χ0) is 27.8. The van der Waals surface area contributed by atoms with Gasteiger partial charge in [0.25, 0.3) is 5.91 Å². The molecule has 0 saturated carbocycles. The van der Waals surface area contributed by atoms with E-state index in [1.807, 2.05) is 50.2 Å². The molecule has 4 rings (SSSR count). The molecule has 9 heteroatoms. The number of aromatic nitrogens is 2. The molecule has 0 aliphatic rings. The molecule has 1 heterocycles. The monoisotopic (exact) mass is 544 g/mol. The highest BCUT2D eigenvalue weighted by Crippen LogP contribution is 2.28. The fourth-order valence-electron chi connectivity index (χ4n) is 4.07. The molecular formula is C30H29FN4O3S. The van der Waals surface area contributed by atoms with Gasteiger partial charge in [-0.1, -0.05) is 54.2 Å². The van der Waals surface area contributed by atoms with E-state index in [1.54, 1.807) is 43.5 Å². The Labute approximate surface area is 231 Å². The second-order valence-electron chi connectivity index (χ2n) is 8.90. The van der Waals surface area contributed by atoms with Crippen molar-refractivity contribution in [3.05, 3.63) is 113 Å². The van der Waals surface area contributed by atoms with Crippen molar-refractivity contribution in [3.8, 4) is 5.75 Å². The summed E-state index contributed by atoms with van der Waals surface area (Å²) < 4.78 is 18.8. The number of carbonyl (C=O) groups excluding carboxylic acids is 2. The number of amides is 2. The standard InChI is InChI=1S/C30H29FN4O3S/c1-20-17-21(2)33-30(32-20)39-19-27(36)35(18-22-9-11-24(31)12-10-22)28(23-7-5-4-6-8-23)29(37)34-25-13-15-26(38-3)16-14-25/h4-17,28H,18-19H2,1-3H3,(H,34,37). The van der Waals surface area contributed by atoms with Crippen molar-refractivity contribution in [2.24, 2.45) is 0 Å². The first-order valence-corrected chi connectivity index (χ1v) is 13.3. The smallest absolute Gasteiger partial charge is 0.251 e. The summed E-state index contributed by atoms with van der Waals surface area (Å²) >= 11 is 1.21. The fraction of sp³-hybridized carbons (Fsp3) is 0.200. The van der Waals surface area contributed by atoms with Gasteiger partial charge in [0.2, 0.25) is 5.91 Å². The molecule has 0 fully saturated rings. The second kappa shape index (κ2) is 13.0. The maximum Gasteiger partial charge on any atom is 0.251 e. The van der Waals surface area contributed by atoms with Crippen LogP contribution in [0.5, 0.6) is 5.75 Å². The predicted octanol–water partition coefficient (Wildman–Crippen LogP) is 5.74.